The van der Waals surface area contributed by atoms with E-state index in [0.717, 1.165) is 12.5 Å². The maximum atomic E-state index is 9.34. The van der Waals surface area contributed by atoms with E-state index in [2.05, 4.69) is 79.5 Å². The summed E-state index contributed by atoms with van der Waals surface area (Å²) in [7, 11) is -1.43. The Hall–Kier alpha value is -1.64. The van der Waals surface area contributed by atoms with Gasteiger partial charge in [0, 0.05) is 12.5 Å². The molecule has 0 aromatic heterocycles. The molecule has 2 rings (SSSR count). The molecule has 0 aliphatic heterocycles. The van der Waals surface area contributed by atoms with E-state index in [1.165, 1.54) is 11.1 Å². The normalized spacial score (nSPS) is 13.4. The van der Waals surface area contributed by atoms with Crippen LogP contribution in [0.15, 0.2) is 72.4 Å². The van der Waals surface area contributed by atoms with Crippen LogP contribution in [0.3, 0.4) is 0 Å². The fraction of sp³-hybridized carbons (Fsp3) is 0.300. The monoisotopic (exact) mass is 310 g/mol. The van der Waals surface area contributed by atoms with Crippen LogP contribution in [-0.4, -0.2) is 19.8 Å². The van der Waals surface area contributed by atoms with Crippen LogP contribution in [-0.2, 0) is 6.04 Å². The number of hydrogen-bond donors (Lipinski definition) is 1. The zero-order chi connectivity index (χ0) is 15.8. The molecule has 0 aliphatic carbocycles. The van der Waals surface area contributed by atoms with E-state index in [1.807, 2.05) is 6.07 Å². The average Bonchev–Trinajstić information content (AvgIpc) is 2.53. The van der Waals surface area contributed by atoms with Gasteiger partial charge < -0.3 is 5.11 Å². The molecule has 1 atom stereocenters. The first-order valence-electron chi connectivity index (χ1n) is 8.00. The smallest absolute Gasteiger partial charge is 0.0756 e. The van der Waals surface area contributed by atoms with Gasteiger partial charge in [0.15, 0.2) is 0 Å². The minimum atomic E-state index is -1.43. The van der Waals surface area contributed by atoms with Gasteiger partial charge in [0.2, 0.25) is 0 Å². The number of hydrogen-bond acceptors (Lipinski definition) is 1. The lowest BCUT2D eigenvalue weighted by molar-refractivity contribution is 0.283. The second-order valence-electron chi connectivity index (χ2n) is 6.54. The van der Waals surface area contributed by atoms with E-state index in [-0.39, 0.29) is 6.61 Å². The van der Waals surface area contributed by atoms with Crippen molar-refractivity contribution < 1.29 is 5.11 Å². The summed E-state index contributed by atoms with van der Waals surface area (Å²) in [5.74, 6) is 0.314. The van der Waals surface area contributed by atoms with Crippen LogP contribution in [0, 0.1) is 0 Å². The molecular formula is C20H26OSi. The lowest BCUT2D eigenvalue weighted by Gasteiger charge is -2.20. The Bertz CT molecular complexity index is 575. The van der Waals surface area contributed by atoms with Crippen LogP contribution >= 0.6 is 0 Å². The molecule has 116 valence electrons. The van der Waals surface area contributed by atoms with E-state index in [1.54, 1.807) is 0 Å². The molecule has 2 aromatic carbocycles. The molecular weight excluding hydrogens is 284 g/mol. The molecule has 22 heavy (non-hydrogen) atoms. The molecule has 0 radical (unpaired) electrons. The molecule has 0 fully saturated rings. The standard InChI is InChI=1S/C20H26OSi/c1-22(2,17-18-9-5-3-6-10-18)16-14-20(13-15-21)19-11-7-4-8-12-19/h3-12,14,16,20-21H,13,15,17H2,1-2H3/b16-14-. The van der Waals surface area contributed by atoms with E-state index >= 15 is 0 Å². The Morgan fingerprint density at radius 2 is 1.55 bits per heavy atom. The molecule has 0 saturated heterocycles. The van der Waals surface area contributed by atoms with Gasteiger partial charge in [-0.2, -0.15) is 0 Å². The van der Waals surface area contributed by atoms with Gasteiger partial charge in [0.05, 0.1) is 8.07 Å². The quantitative estimate of drug-likeness (QED) is 0.732. The Balaban J connectivity index is 2.09. The van der Waals surface area contributed by atoms with Crippen LogP contribution in [0.5, 0.6) is 0 Å². The van der Waals surface area contributed by atoms with Crippen molar-refractivity contribution in [2.75, 3.05) is 6.61 Å². The van der Waals surface area contributed by atoms with Crippen LogP contribution < -0.4 is 0 Å². The summed E-state index contributed by atoms with van der Waals surface area (Å²) in [4.78, 5) is 0. The lowest BCUT2D eigenvalue weighted by Crippen LogP contribution is -2.27. The van der Waals surface area contributed by atoms with Crippen molar-refractivity contribution in [1.82, 2.24) is 0 Å². The topological polar surface area (TPSA) is 20.2 Å². The van der Waals surface area contributed by atoms with E-state index in [4.69, 9.17) is 0 Å². The minimum absolute atomic E-state index is 0.227. The molecule has 1 nitrogen and oxygen atoms in total. The zero-order valence-corrected chi connectivity index (χ0v) is 14.6. The molecule has 0 spiro atoms. The zero-order valence-electron chi connectivity index (χ0n) is 13.6. The average molecular weight is 311 g/mol. The highest BCUT2D eigenvalue weighted by molar-refractivity contribution is 6.81. The summed E-state index contributed by atoms with van der Waals surface area (Å²) in [6.45, 7) is 5.03. The van der Waals surface area contributed by atoms with E-state index in [0.29, 0.717) is 5.92 Å². The molecule has 0 saturated carbocycles. The minimum Gasteiger partial charge on any atom is -0.396 e. The Kier molecular flexibility index (Phi) is 6.17. The predicted octanol–water partition coefficient (Wildman–Crippen LogP) is 4.74. The van der Waals surface area contributed by atoms with Crippen LogP contribution in [0.25, 0.3) is 0 Å². The second-order valence-corrected chi connectivity index (χ2v) is 11.2. The number of aliphatic hydroxyl groups excluding tert-OH is 1. The summed E-state index contributed by atoms with van der Waals surface area (Å²) >= 11 is 0. The third-order valence-corrected chi connectivity index (χ3v) is 6.36. The van der Waals surface area contributed by atoms with E-state index < -0.39 is 8.07 Å². The molecule has 0 heterocycles. The van der Waals surface area contributed by atoms with Crippen LogP contribution in [0.4, 0.5) is 0 Å². The van der Waals surface area contributed by atoms with E-state index in [9.17, 15) is 5.11 Å². The number of benzene rings is 2. The van der Waals surface area contributed by atoms with Crippen molar-refractivity contribution >= 4 is 8.07 Å². The predicted molar refractivity (Wildman–Crippen MR) is 97.7 cm³/mol. The SMILES string of the molecule is C[Si](C)(/C=C\C(CCO)c1ccccc1)Cc1ccccc1. The summed E-state index contributed by atoms with van der Waals surface area (Å²) in [6.07, 6.45) is 3.11. The lowest BCUT2D eigenvalue weighted by atomic mass is 9.96. The van der Waals surface area contributed by atoms with Crippen molar-refractivity contribution in [1.29, 1.82) is 0 Å². The second kappa shape index (κ2) is 8.11. The molecule has 2 aromatic rings. The molecule has 1 N–H and O–H groups in total. The van der Waals surface area contributed by atoms with Crippen molar-refractivity contribution in [3.63, 3.8) is 0 Å². The van der Waals surface area contributed by atoms with Gasteiger partial charge in [-0.3, -0.25) is 0 Å². The fourth-order valence-electron chi connectivity index (χ4n) is 2.77. The molecule has 0 amide bonds. The third-order valence-electron chi connectivity index (χ3n) is 3.95. The summed E-state index contributed by atoms with van der Waals surface area (Å²) in [6, 6.07) is 22.4. The van der Waals surface area contributed by atoms with Crippen LogP contribution in [0.1, 0.15) is 23.5 Å². The van der Waals surface area contributed by atoms with Crippen molar-refractivity contribution in [3.05, 3.63) is 83.6 Å². The highest BCUT2D eigenvalue weighted by Crippen LogP contribution is 2.23. The third kappa shape index (κ3) is 5.28. The first-order valence-corrected chi connectivity index (χ1v) is 11.3. The molecule has 2 heteroatoms. The summed E-state index contributed by atoms with van der Waals surface area (Å²) in [5, 5.41) is 9.34. The van der Waals surface area contributed by atoms with Crippen molar-refractivity contribution in [2.24, 2.45) is 0 Å². The van der Waals surface area contributed by atoms with Gasteiger partial charge in [0.1, 0.15) is 0 Å². The fourth-order valence-corrected chi connectivity index (χ4v) is 4.93. The van der Waals surface area contributed by atoms with Gasteiger partial charge in [-0.05, 0) is 18.0 Å². The van der Waals surface area contributed by atoms with Gasteiger partial charge in [-0.1, -0.05) is 91.1 Å². The summed E-state index contributed by atoms with van der Waals surface area (Å²) < 4.78 is 0. The highest BCUT2D eigenvalue weighted by atomic mass is 28.3. The largest absolute Gasteiger partial charge is 0.396 e. The highest BCUT2D eigenvalue weighted by Gasteiger charge is 2.18. The van der Waals surface area contributed by atoms with Gasteiger partial charge >= 0.3 is 0 Å². The van der Waals surface area contributed by atoms with Crippen molar-refractivity contribution in [2.45, 2.75) is 31.5 Å². The first kappa shape index (κ1) is 16.7. The number of aliphatic hydroxyl groups is 1. The van der Waals surface area contributed by atoms with Gasteiger partial charge in [-0.15, -0.1) is 0 Å². The van der Waals surface area contributed by atoms with Gasteiger partial charge in [0.25, 0.3) is 0 Å². The Labute approximate surface area is 135 Å². The first-order chi connectivity index (χ1) is 10.6. The Morgan fingerprint density at radius 1 is 0.955 bits per heavy atom. The number of rotatable bonds is 7. The maximum absolute atomic E-state index is 9.34. The molecule has 0 aliphatic rings. The molecule has 0 bridgehead atoms. The van der Waals surface area contributed by atoms with Gasteiger partial charge in [-0.25, -0.2) is 0 Å². The maximum Gasteiger partial charge on any atom is 0.0756 e. The number of allylic oxidation sites excluding steroid dienone is 1. The summed E-state index contributed by atoms with van der Waals surface area (Å²) in [5.41, 5.74) is 5.15. The van der Waals surface area contributed by atoms with Crippen LogP contribution in [0.2, 0.25) is 13.1 Å². The molecule has 1 unspecified atom stereocenters. The Morgan fingerprint density at radius 3 is 2.14 bits per heavy atom. The van der Waals surface area contributed by atoms with Crippen molar-refractivity contribution in [3.8, 4) is 0 Å².